The van der Waals surface area contributed by atoms with E-state index in [1.807, 2.05) is 0 Å². The molecule has 0 aromatic heterocycles. The van der Waals surface area contributed by atoms with Crippen molar-refractivity contribution >= 4 is 35.1 Å². The Labute approximate surface area is 181 Å². The summed E-state index contributed by atoms with van der Waals surface area (Å²) in [6.07, 6.45) is 0. The van der Waals surface area contributed by atoms with Crippen molar-refractivity contribution in [1.29, 1.82) is 0 Å². The summed E-state index contributed by atoms with van der Waals surface area (Å²) in [6.45, 7) is -1.48. The SMILES string of the molecule is O=C(N[C@@H](CO)C(=O)O)c1ccc(N=Nc2ccc(C(=O)N[C@H](CO)C(=O)O)cc2)cc1. The first-order chi connectivity index (χ1) is 15.2. The van der Waals surface area contributed by atoms with Gasteiger partial charge in [-0.1, -0.05) is 0 Å². The van der Waals surface area contributed by atoms with Crippen molar-refractivity contribution in [3.8, 4) is 0 Å². The minimum atomic E-state index is -1.41. The van der Waals surface area contributed by atoms with E-state index < -0.39 is 49.1 Å². The van der Waals surface area contributed by atoms with Crippen LogP contribution in [0.25, 0.3) is 0 Å². The number of aliphatic hydroxyl groups is 2. The lowest BCUT2D eigenvalue weighted by atomic mass is 10.2. The average Bonchev–Trinajstić information content (AvgIpc) is 2.79. The van der Waals surface area contributed by atoms with Crippen LogP contribution in [0.15, 0.2) is 58.8 Å². The van der Waals surface area contributed by atoms with Crippen LogP contribution in [0.3, 0.4) is 0 Å². The third-order valence-corrected chi connectivity index (χ3v) is 4.11. The molecule has 2 aromatic rings. The Morgan fingerprint density at radius 3 is 1.22 bits per heavy atom. The Morgan fingerprint density at radius 2 is 0.969 bits per heavy atom. The Hall–Kier alpha value is -4.16. The summed E-state index contributed by atoms with van der Waals surface area (Å²) in [7, 11) is 0. The molecule has 168 valence electrons. The minimum Gasteiger partial charge on any atom is -0.480 e. The topological polar surface area (TPSA) is 198 Å². The second kappa shape index (κ2) is 11.3. The molecule has 0 radical (unpaired) electrons. The van der Waals surface area contributed by atoms with Gasteiger partial charge < -0.3 is 31.1 Å². The number of hydrogen-bond acceptors (Lipinski definition) is 8. The molecule has 0 saturated carbocycles. The maximum atomic E-state index is 12.0. The summed E-state index contributed by atoms with van der Waals surface area (Å²) < 4.78 is 0. The first-order valence-corrected chi connectivity index (χ1v) is 9.16. The number of carbonyl (C=O) groups is 4. The fourth-order valence-electron chi connectivity index (χ4n) is 2.33. The highest BCUT2D eigenvalue weighted by Crippen LogP contribution is 2.19. The molecule has 2 rings (SSSR count). The molecule has 12 heteroatoms. The van der Waals surface area contributed by atoms with Crippen molar-refractivity contribution in [3.05, 3.63) is 59.7 Å². The van der Waals surface area contributed by atoms with Crippen LogP contribution in [0.1, 0.15) is 20.7 Å². The van der Waals surface area contributed by atoms with Gasteiger partial charge in [0, 0.05) is 11.1 Å². The van der Waals surface area contributed by atoms with E-state index in [1.165, 1.54) is 48.5 Å². The molecule has 0 fully saturated rings. The van der Waals surface area contributed by atoms with E-state index in [-0.39, 0.29) is 11.1 Å². The number of rotatable bonds is 10. The van der Waals surface area contributed by atoms with Gasteiger partial charge in [-0.3, -0.25) is 9.59 Å². The lowest BCUT2D eigenvalue weighted by molar-refractivity contribution is -0.141. The highest BCUT2D eigenvalue weighted by atomic mass is 16.4. The lowest BCUT2D eigenvalue weighted by Crippen LogP contribution is -2.43. The Balaban J connectivity index is 2.00. The quantitative estimate of drug-likeness (QED) is 0.284. The predicted octanol–water partition coefficient (Wildman–Crippen LogP) is 0.453. The normalized spacial score (nSPS) is 12.7. The summed E-state index contributed by atoms with van der Waals surface area (Å²) in [6, 6.07) is 8.75. The van der Waals surface area contributed by atoms with E-state index in [0.717, 1.165) is 0 Å². The van der Waals surface area contributed by atoms with Crippen LogP contribution in [-0.2, 0) is 9.59 Å². The molecule has 2 amide bonds. The molecule has 32 heavy (non-hydrogen) atoms. The maximum absolute atomic E-state index is 12.0. The molecular weight excluding hydrogens is 424 g/mol. The summed E-state index contributed by atoms with van der Waals surface area (Å²) >= 11 is 0. The molecule has 0 aliphatic rings. The first kappa shape index (κ1) is 24.1. The molecule has 0 saturated heterocycles. The number of hydrogen-bond donors (Lipinski definition) is 6. The smallest absolute Gasteiger partial charge is 0.328 e. The number of carboxylic acid groups (broad SMARTS) is 2. The van der Waals surface area contributed by atoms with E-state index in [0.29, 0.717) is 11.4 Å². The van der Waals surface area contributed by atoms with Gasteiger partial charge in [0.1, 0.15) is 0 Å². The van der Waals surface area contributed by atoms with Crippen LogP contribution in [-0.4, -0.2) is 69.5 Å². The van der Waals surface area contributed by atoms with Crippen LogP contribution in [0, 0.1) is 0 Å². The van der Waals surface area contributed by atoms with Crippen molar-refractivity contribution in [2.45, 2.75) is 12.1 Å². The number of azo groups is 1. The first-order valence-electron chi connectivity index (χ1n) is 9.16. The van der Waals surface area contributed by atoms with Crippen molar-refractivity contribution in [2.75, 3.05) is 13.2 Å². The molecule has 0 bridgehead atoms. The molecule has 2 aromatic carbocycles. The van der Waals surface area contributed by atoms with Crippen LogP contribution in [0.2, 0.25) is 0 Å². The molecule has 0 heterocycles. The Morgan fingerprint density at radius 1 is 0.656 bits per heavy atom. The summed E-state index contributed by atoms with van der Waals surface area (Å²) in [5, 5.41) is 47.9. The van der Waals surface area contributed by atoms with Crippen LogP contribution in [0.4, 0.5) is 11.4 Å². The predicted molar refractivity (Wildman–Crippen MR) is 109 cm³/mol. The van der Waals surface area contributed by atoms with Gasteiger partial charge in [-0.2, -0.15) is 10.2 Å². The molecule has 6 N–H and O–H groups in total. The van der Waals surface area contributed by atoms with E-state index in [4.69, 9.17) is 20.4 Å². The van der Waals surface area contributed by atoms with E-state index in [9.17, 15) is 19.2 Å². The molecule has 0 unspecified atom stereocenters. The van der Waals surface area contributed by atoms with Crippen molar-refractivity contribution in [2.24, 2.45) is 10.2 Å². The maximum Gasteiger partial charge on any atom is 0.328 e. The Bertz CT molecular complexity index is 924. The highest BCUT2D eigenvalue weighted by Gasteiger charge is 2.20. The van der Waals surface area contributed by atoms with E-state index in [2.05, 4.69) is 20.9 Å². The number of nitrogens with zero attached hydrogens (tertiary/aromatic N) is 2. The van der Waals surface area contributed by atoms with Gasteiger partial charge in [0.05, 0.1) is 24.6 Å². The van der Waals surface area contributed by atoms with Gasteiger partial charge >= 0.3 is 11.9 Å². The van der Waals surface area contributed by atoms with Gasteiger partial charge in [0.25, 0.3) is 11.8 Å². The summed E-state index contributed by atoms with van der Waals surface area (Å²) in [5.41, 5.74) is 1.13. The number of carboxylic acids is 2. The molecule has 0 aliphatic carbocycles. The Kier molecular flexibility index (Phi) is 8.51. The molecule has 0 spiro atoms. The van der Waals surface area contributed by atoms with E-state index in [1.54, 1.807) is 0 Å². The van der Waals surface area contributed by atoms with Gasteiger partial charge in [-0.05, 0) is 48.5 Å². The molecule has 0 aliphatic heterocycles. The average molecular weight is 444 g/mol. The van der Waals surface area contributed by atoms with Crippen LogP contribution < -0.4 is 10.6 Å². The summed E-state index contributed by atoms with van der Waals surface area (Å²) in [4.78, 5) is 45.7. The fraction of sp³-hybridized carbons (Fsp3) is 0.200. The fourth-order valence-corrected chi connectivity index (χ4v) is 2.33. The number of aliphatic carboxylic acids is 2. The second-order valence-corrected chi connectivity index (χ2v) is 6.39. The van der Waals surface area contributed by atoms with Crippen LogP contribution >= 0.6 is 0 Å². The zero-order valence-corrected chi connectivity index (χ0v) is 16.5. The van der Waals surface area contributed by atoms with E-state index >= 15 is 0 Å². The molecule has 2 atom stereocenters. The monoisotopic (exact) mass is 444 g/mol. The number of carbonyl (C=O) groups excluding carboxylic acids is 2. The van der Waals surface area contributed by atoms with Crippen molar-refractivity contribution < 1.29 is 39.6 Å². The molecular formula is C20H20N4O8. The largest absolute Gasteiger partial charge is 0.480 e. The standard InChI is InChI=1S/C20H20N4O8/c25-9-15(19(29)30)21-17(27)11-1-5-13(6-2-11)23-24-14-7-3-12(4-8-14)18(28)22-16(10-26)20(31)32/h1-8,15-16,25-26H,9-10H2,(H,21,27)(H,22,28)(H,29,30)(H,31,32)/t15-,16+. The summed E-state index contributed by atoms with van der Waals surface area (Å²) in [5.74, 6) is -4.06. The zero-order chi connectivity index (χ0) is 23.7. The van der Waals surface area contributed by atoms with Crippen molar-refractivity contribution in [3.63, 3.8) is 0 Å². The van der Waals surface area contributed by atoms with Gasteiger partial charge in [-0.15, -0.1) is 0 Å². The minimum absolute atomic E-state index is 0.168. The zero-order valence-electron chi connectivity index (χ0n) is 16.5. The third kappa shape index (κ3) is 6.68. The number of benzene rings is 2. The van der Waals surface area contributed by atoms with Gasteiger partial charge in [0.2, 0.25) is 0 Å². The van der Waals surface area contributed by atoms with Gasteiger partial charge in [0.15, 0.2) is 12.1 Å². The van der Waals surface area contributed by atoms with Crippen molar-refractivity contribution in [1.82, 2.24) is 10.6 Å². The number of amides is 2. The number of aliphatic hydroxyl groups excluding tert-OH is 2. The number of nitrogens with one attached hydrogen (secondary N) is 2. The van der Waals surface area contributed by atoms with Crippen LogP contribution in [0.5, 0.6) is 0 Å². The van der Waals surface area contributed by atoms with Gasteiger partial charge in [-0.25, -0.2) is 9.59 Å². The highest BCUT2D eigenvalue weighted by molar-refractivity contribution is 5.97. The third-order valence-electron chi connectivity index (χ3n) is 4.11. The second-order valence-electron chi connectivity index (χ2n) is 6.39. The molecule has 12 nitrogen and oxygen atoms in total. The lowest BCUT2D eigenvalue weighted by Gasteiger charge is -2.11.